The second-order valence-electron chi connectivity index (χ2n) is 11.3. The Morgan fingerprint density at radius 1 is 1.23 bits per heavy atom. The Kier molecular flexibility index (Phi) is 4.19. The molecule has 4 heterocycles. The number of hydrogen-bond acceptors (Lipinski definition) is 6. The maximum atomic E-state index is 13.1. The summed E-state index contributed by atoms with van der Waals surface area (Å²) in [6.07, 6.45) is 5.23. The largest absolute Gasteiger partial charge is 0.504 e. The van der Waals surface area contributed by atoms with E-state index < -0.39 is 17.1 Å². The molecule has 2 aliphatic carbocycles. The number of ether oxygens (including phenoxy) is 1. The number of aromatic hydroxyl groups is 1. The Labute approximate surface area is 204 Å². The Morgan fingerprint density at radius 2 is 2.03 bits per heavy atom. The second-order valence-corrected chi connectivity index (χ2v) is 11.3. The fourth-order valence-electron chi connectivity index (χ4n) is 7.25. The van der Waals surface area contributed by atoms with Gasteiger partial charge in [0, 0.05) is 29.9 Å². The van der Waals surface area contributed by atoms with E-state index in [1.54, 1.807) is 13.0 Å². The second kappa shape index (κ2) is 6.86. The molecular formula is C28H31N3O4. The van der Waals surface area contributed by atoms with Crippen LogP contribution >= 0.6 is 0 Å². The van der Waals surface area contributed by atoms with Crippen LogP contribution in [0.15, 0.2) is 35.3 Å². The number of aromatic nitrogens is 2. The number of rotatable bonds is 3. The molecule has 2 bridgehead atoms. The van der Waals surface area contributed by atoms with E-state index in [1.165, 1.54) is 12.8 Å². The summed E-state index contributed by atoms with van der Waals surface area (Å²) >= 11 is 0. The van der Waals surface area contributed by atoms with Crippen LogP contribution in [0.25, 0.3) is 5.65 Å². The normalized spacial score (nSPS) is 31.4. The first-order chi connectivity index (χ1) is 16.7. The van der Waals surface area contributed by atoms with Crippen molar-refractivity contribution >= 4 is 5.65 Å². The highest BCUT2D eigenvalue weighted by Gasteiger charge is 2.69. The molecule has 4 atom stereocenters. The third-order valence-electron chi connectivity index (χ3n) is 9.26. The van der Waals surface area contributed by atoms with Crippen LogP contribution in [-0.2, 0) is 11.8 Å². The number of pyridine rings is 1. The Bertz CT molecular complexity index is 1460. The molecule has 1 aromatic carbocycles. The maximum absolute atomic E-state index is 13.1. The molecule has 3 aromatic rings. The van der Waals surface area contributed by atoms with Crippen LogP contribution in [0.3, 0.4) is 0 Å². The highest BCUT2D eigenvalue weighted by Crippen LogP contribution is 2.66. The van der Waals surface area contributed by atoms with Crippen LogP contribution < -0.4 is 10.3 Å². The van der Waals surface area contributed by atoms with Crippen molar-refractivity contribution in [3.63, 3.8) is 0 Å². The molecule has 4 aliphatic rings. The van der Waals surface area contributed by atoms with Crippen LogP contribution in [0.1, 0.15) is 60.2 Å². The minimum Gasteiger partial charge on any atom is -0.504 e. The molecular weight excluding hydrogens is 442 g/mol. The monoisotopic (exact) mass is 473 g/mol. The third kappa shape index (κ3) is 2.68. The van der Waals surface area contributed by atoms with Crippen molar-refractivity contribution in [3.05, 3.63) is 68.8 Å². The molecule has 0 amide bonds. The van der Waals surface area contributed by atoms with Gasteiger partial charge in [-0.3, -0.25) is 9.69 Å². The maximum Gasteiger partial charge on any atom is 0.276 e. The van der Waals surface area contributed by atoms with Gasteiger partial charge < -0.3 is 19.4 Å². The number of phenols is 1. The average Bonchev–Trinajstić information content (AvgIpc) is 3.55. The zero-order chi connectivity index (χ0) is 24.3. The molecule has 2 aliphatic heterocycles. The van der Waals surface area contributed by atoms with E-state index in [0.29, 0.717) is 29.1 Å². The van der Waals surface area contributed by atoms with Crippen molar-refractivity contribution in [2.24, 2.45) is 5.92 Å². The number of phenolic OH excluding ortho intramolecular Hbond substituents is 1. The summed E-state index contributed by atoms with van der Waals surface area (Å²) in [5, 5.41) is 23.4. The number of likely N-dealkylation sites (tertiary alicyclic amines) is 1. The predicted octanol–water partition coefficient (Wildman–Crippen LogP) is 3.18. The fraction of sp³-hybridized carbons (Fsp3) is 0.500. The molecule has 2 fully saturated rings. The molecule has 7 heteroatoms. The number of nitrogens with zero attached hydrogens (tertiary/aromatic N) is 3. The van der Waals surface area contributed by atoms with Gasteiger partial charge in [0.15, 0.2) is 17.6 Å². The van der Waals surface area contributed by atoms with E-state index in [9.17, 15) is 15.0 Å². The average molecular weight is 474 g/mol. The van der Waals surface area contributed by atoms with Gasteiger partial charge in [-0.25, -0.2) is 0 Å². The van der Waals surface area contributed by atoms with Crippen LogP contribution in [0.5, 0.6) is 11.5 Å². The molecule has 1 spiro atoms. The Hall–Kier alpha value is -2.90. The minimum absolute atomic E-state index is 0.0571. The van der Waals surface area contributed by atoms with Gasteiger partial charge >= 0.3 is 0 Å². The van der Waals surface area contributed by atoms with E-state index >= 15 is 0 Å². The van der Waals surface area contributed by atoms with Gasteiger partial charge in [0.05, 0.1) is 16.7 Å². The molecule has 2 N–H and O–H groups in total. The van der Waals surface area contributed by atoms with Crippen molar-refractivity contribution < 1.29 is 14.9 Å². The summed E-state index contributed by atoms with van der Waals surface area (Å²) in [6.45, 7) is 7.57. The van der Waals surface area contributed by atoms with Gasteiger partial charge in [-0.1, -0.05) is 6.07 Å². The quantitative estimate of drug-likeness (QED) is 0.608. The lowest BCUT2D eigenvalue weighted by Gasteiger charge is -2.60. The van der Waals surface area contributed by atoms with Gasteiger partial charge in [0.1, 0.15) is 5.65 Å². The van der Waals surface area contributed by atoms with Crippen molar-refractivity contribution in [3.8, 4) is 11.5 Å². The highest BCUT2D eigenvalue weighted by atomic mass is 16.5. The summed E-state index contributed by atoms with van der Waals surface area (Å²) < 4.78 is 8.58. The molecule has 35 heavy (non-hydrogen) atoms. The first-order valence-electron chi connectivity index (χ1n) is 12.7. The lowest BCUT2D eigenvalue weighted by Crippen LogP contribution is -2.71. The smallest absolute Gasteiger partial charge is 0.276 e. The van der Waals surface area contributed by atoms with Crippen molar-refractivity contribution in [2.75, 3.05) is 13.1 Å². The zero-order valence-electron chi connectivity index (χ0n) is 20.4. The van der Waals surface area contributed by atoms with E-state index in [1.807, 2.05) is 42.6 Å². The van der Waals surface area contributed by atoms with Crippen LogP contribution in [0.2, 0.25) is 0 Å². The summed E-state index contributed by atoms with van der Waals surface area (Å²) in [6, 6.07) is 7.53. The van der Waals surface area contributed by atoms with Crippen molar-refractivity contribution in [1.29, 1.82) is 0 Å². The summed E-state index contributed by atoms with van der Waals surface area (Å²) in [5.41, 5.74) is 2.64. The Morgan fingerprint density at radius 3 is 2.80 bits per heavy atom. The van der Waals surface area contributed by atoms with E-state index in [-0.39, 0.29) is 17.4 Å². The van der Waals surface area contributed by atoms with E-state index in [0.717, 1.165) is 42.1 Å². The standard InChI is InChI=1S/C28H31N3O4/c1-15-8-10-31-21(12-15)29-26(33)16(2)23(31)25-28-9-11-30(14-17-4-5-17)20(27(28,3)34)13-18-6-7-19(32)24(35-25)22(18)28/h6-8,10,12,17,20,25,32,34H,4-5,9,11,13-14H2,1-3H3/t20-,25+,27-,28+/m1/s1. The lowest BCUT2D eigenvalue weighted by molar-refractivity contribution is -0.156. The van der Waals surface area contributed by atoms with E-state index in [4.69, 9.17) is 4.74 Å². The summed E-state index contributed by atoms with van der Waals surface area (Å²) in [7, 11) is 0. The first-order valence-corrected chi connectivity index (χ1v) is 12.7. The minimum atomic E-state index is -1.12. The molecule has 182 valence electrons. The van der Waals surface area contributed by atoms with Gasteiger partial charge in [0.25, 0.3) is 5.56 Å². The van der Waals surface area contributed by atoms with Crippen LogP contribution in [-0.4, -0.2) is 49.2 Å². The predicted molar refractivity (Wildman–Crippen MR) is 131 cm³/mol. The number of aryl methyl sites for hydroxylation is 1. The molecule has 7 rings (SSSR count). The van der Waals surface area contributed by atoms with Gasteiger partial charge in [-0.15, -0.1) is 0 Å². The number of hydrogen-bond donors (Lipinski definition) is 2. The molecule has 0 radical (unpaired) electrons. The fourth-order valence-corrected chi connectivity index (χ4v) is 7.25. The summed E-state index contributed by atoms with van der Waals surface area (Å²) in [4.78, 5) is 19.8. The molecule has 7 nitrogen and oxygen atoms in total. The molecule has 2 aromatic heterocycles. The number of piperidine rings is 1. The van der Waals surface area contributed by atoms with E-state index in [2.05, 4.69) is 9.88 Å². The highest BCUT2D eigenvalue weighted by molar-refractivity contribution is 5.63. The molecule has 1 saturated carbocycles. The van der Waals surface area contributed by atoms with Crippen LogP contribution in [0.4, 0.5) is 0 Å². The van der Waals surface area contributed by atoms with Gasteiger partial charge in [-0.05, 0) is 88.2 Å². The number of benzene rings is 1. The van der Waals surface area contributed by atoms with Crippen LogP contribution in [0, 0.1) is 19.8 Å². The first kappa shape index (κ1) is 21.4. The number of aliphatic hydroxyl groups is 1. The zero-order valence-corrected chi connectivity index (χ0v) is 20.4. The van der Waals surface area contributed by atoms with Gasteiger partial charge in [-0.2, -0.15) is 4.98 Å². The summed E-state index contributed by atoms with van der Waals surface area (Å²) in [5.74, 6) is 1.26. The van der Waals surface area contributed by atoms with Crippen molar-refractivity contribution in [1.82, 2.24) is 14.3 Å². The molecule has 1 saturated heterocycles. The lowest BCUT2D eigenvalue weighted by atomic mass is 9.53. The third-order valence-corrected chi connectivity index (χ3v) is 9.26. The topological polar surface area (TPSA) is 87.3 Å². The number of fused-ring (bicyclic) bond motifs is 2. The Balaban J connectivity index is 1.50. The SMILES string of the molecule is Cc1ccn2c([C@@H]3Oc4c(O)ccc5c4[C@@]34CCN(CC3CC3)[C@H](C5)[C@@]4(C)O)c(C)c(=O)nc2c1. The molecule has 0 unspecified atom stereocenters. The van der Waals surface area contributed by atoms with Gasteiger partial charge in [0.2, 0.25) is 0 Å². The van der Waals surface area contributed by atoms with Crippen molar-refractivity contribution in [2.45, 2.75) is 69.6 Å².